The summed E-state index contributed by atoms with van der Waals surface area (Å²) in [5.41, 5.74) is -1.35. The van der Waals surface area contributed by atoms with Crippen LogP contribution in [0.25, 0.3) is 0 Å². The second-order valence-corrected chi connectivity index (χ2v) is 6.64. The molecular formula is C12H13N3O4S2. The lowest BCUT2D eigenvalue weighted by Gasteiger charge is -2.11. The molecule has 0 saturated heterocycles. The van der Waals surface area contributed by atoms with Gasteiger partial charge in [0.1, 0.15) is 0 Å². The zero-order chi connectivity index (χ0) is 15.6. The maximum Gasteiger partial charge on any atom is 0.325 e. The molecular weight excluding hydrogens is 314 g/mol. The van der Waals surface area contributed by atoms with Crippen molar-refractivity contribution in [1.82, 2.24) is 9.97 Å². The Labute approximate surface area is 124 Å². The smallest absolute Gasteiger partial charge is 0.310 e. The van der Waals surface area contributed by atoms with E-state index in [1.165, 1.54) is 18.7 Å². The van der Waals surface area contributed by atoms with E-state index >= 15 is 0 Å². The Morgan fingerprint density at radius 2 is 1.81 bits per heavy atom. The summed E-state index contributed by atoms with van der Waals surface area (Å²) in [5, 5.41) is 0. The van der Waals surface area contributed by atoms with Gasteiger partial charge in [-0.15, -0.1) is 11.8 Å². The molecule has 0 aliphatic carbocycles. The second-order valence-electron chi connectivity index (χ2n) is 4.17. The van der Waals surface area contributed by atoms with Crippen LogP contribution in [0.4, 0.5) is 5.69 Å². The van der Waals surface area contributed by atoms with Crippen molar-refractivity contribution in [3.63, 3.8) is 0 Å². The van der Waals surface area contributed by atoms with Crippen LogP contribution in [-0.2, 0) is 10.0 Å². The van der Waals surface area contributed by atoms with E-state index in [9.17, 15) is 18.0 Å². The highest BCUT2D eigenvalue weighted by Crippen LogP contribution is 2.26. The molecule has 0 atom stereocenters. The molecule has 2 aromatic rings. The van der Waals surface area contributed by atoms with Crippen LogP contribution in [0, 0.1) is 6.92 Å². The van der Waals surface area contributed by atoms with Gasteiger partial charge >= 0.3 is 5.69 Å². The third-order valence-electron chi connectivity index (χ3n) is 2.69. The molecule has 0 unspecified atom stereocenters. The van der Waals surface area contributed by atoms with Gasteiger partial charge in [0.15, 0.2) is 4.90 Å². The van der Waals surface area contributed by atoms with Crippen LogP contribution in [0.15, 0.2) is 43.6 Å². The maximum absolute atomic E-state index is 12.4. The van der Waals surface area contributed by atoms with Gasteiger partial charge in [0, 0.05) is 10.6 Å². The second kappa shape index (κ2) is 5.78. The number of anilines is 1. The van der Waals surface area contributed by atoms with Crippen molar-refractivity contribution >= 4 is 27.5 Å². The number of benzene rings is 1. The monoisotopic (exact) mass is 327 g/mol. The predicted molar refractivity (Wildman–Crippen MR) is 81.5 cm³/mol. The van der Waals surface area contributed by atoms with Crippen LogP contribution in [-0.4, -0.2) is 24.6 Å². The normalized spacial score (nSPS) is 11.3. The van der Waals surface area contributed by atoms with Gasteiger partial charge in [0.25, 0.3) is 15.6 Å². The summed E-state index contributed by atoms with van der Waals surface area (Å²) in [6, 6.07) is 6.81. The van der Waals surface area contributed by atoms with E-state index in [-0.39, 0.29) is 5.69 Å². The first-order valence-corrected chi connectivity index (χ1v) is 8.55. The zero-order valence-electron chi connectivity index (χ0n) is 11.3. The van der Waals surface area contributed by atoms with Gasteiger partial charge in [0.05, 0.1) is 5.69 Å². The first-order chi connectivity index (χ1) is 9.85. The van der Waals surface area contributed by atoms with Crippen LogP contribution < -0.4 is 16.0 Å². The molecule has 112 valence electrons. The Morgan fingerprint density at radius 3 is 2.43 bits per heavy atom. The number of rotatable bonds is 4. The lowest BCUT2D eigenvalue weighted by atomic mass is 10.3. The zero-order valence-corrected chi connectivity index (χ0v) is 12.9. The molecule has 0 aliphatic heterocycles. The van der Waals surface area contributed by atoms with Crippen LogP contribution in [0.3, 0.4) is 0 Å². The first kappa shape index (κ1) is 15.4. The third kappa shape index (κ3) is 3.19. The Kier molecular flexibility index (Phi) is 4.24. The van der Waals surface area contributed by atoms with Gasteiger partial charge < -0.3 is 4.98 Å². The highest BCUT2D eigenvalue weighted by Gasteiger charge is 2.23. The number of para-hydroxylation sites is 1. The van der Waals surface area contributed by atoms with Crippen molar-refractivity contribution in [2.24, 2.45) is 0 Å². The molecule has 0 spiro atoms. The van der Waals surface area contributed by atoms with E-state index in [0.29, 0.717) is 5.69 Å². The molecule has 0 radical (unpaired) electrons. The Bertz CT molecular complexity index is 884. The molecule has 21 heavy (non-hydrogen) atoms. The number of aromatic nitrogens is 2. The summed E-state index contributed by atoms with van der Waals surface area (Å²) >= 11 is 1.37. The molecule has 1 aromatic carbocycles. The molecule has 1 aromatic heterocycles. The lowest BCUT2D eigenvalue weighted by Crippen LogP contribution is -2.31. The molecule has 0 saturated carbocycles. The quantitative estimate of drug-likeness (QED) is 0.722. The third-order valence-corrected chi connectivity index (χ3v) is 5.01. The SMILES string of the molecule is CSc1ccccc1NS(=O)(=O)c1c(C)[nH]c(=O)[nH]c1=O. The summed E-state index contributed by atoms with van der Waals surface area (Å²) in [6.45, 7) is 1.35. The summed E-state index contributed by atoms with van der Waals surface area (Å²) in [6.07, 6.45) is 1.81. The van der Waals surface area contributed by atoms with Crippen LogP contribution in [0.2, 0.25) is 0 Å². The average Bonchev–Trinajstić information content (AvgIpc) is 2.37. The standard InChI is InChI=1S/C12H13N3O4S2/c1-7-10(11(16)14-12(17)13-7)21(18,19)15-8-5-3-4-6-9(8)20-2/h3-6,15H,1-2H3,(H2,13,14,16,17). The fourth-order valence-electron chi connectivity index (χ4n) is 1.84. The number of H-pyrrole nitrogens is 2. The largest absolute Gasteiger partial charge is 0.325 e. The van der Waals surface area contributed by atoms with Crippen LogP contribution >= 0.6 is 11.8 Å². The highest BCUT2D eigenvalue weighted by molar-refractivity contribution is 7.99. The number of aryl methyl sites for hydroxylation is 1. The predicted octanol–water partition coefficient (Wildman–Crippen LogP) is 0.894. The lowest BCUT2D eigenvalue weighted by molar-refractivity contribution is 0.598. The van der Waals surface area contributed by atoms with E-state index in [4.69, 9.17) is 0 Å². The van der Waals surface area contributed by atoms with E-state index < -0.39 is 26.2 Å². The number of hydrogen-bond acceptors (Lipinski definition) is 5. The Balaban J connectivity index is 2.54. The molecule has 7 nitrogen and oxygen atoms in total. The Morgan fingerprint density at radius 1 is 1.14 bits per heavy atom. The van der Waals surface area contributed by atoms with Crippen LogP contribution in [0.5, 0.6) is 0 Å². The summed E-state index contributed by atoms with van der Waals surface area (Å²) < 4.78 is 27.1. The Hall–Kier alpha value is -2.00. The minimum Gasteiger partial charge on any atom is -0.310 e. The fourth-order valence-corrected chi connectivity index (χ4v) is 3.77. The van der Waals surface area contributed by atoms with Gasteiger partial charge in [-0.2, -0.15) is 0 Å². The summed E-state index contributed by atoms with van der Waals surface area (Å²) in [5.74, 6) is 0. The molecule has 0 fully saturated rings. The van der Waals surface area contributed by atoms with Gasteiger partial charge in [-0.25, -0.2) is 13.2 Å². The number of nitrogens with one attached hydrogen (secondary N) is 3. The molecule has 1 heterocycles. The minimum atomic E-state index is -4.10. The number of thioether (sulfide) groups is 1. The molecule has 0 amide bonds. The van der Waals surface area contributed by atoms with Crippen molar-refractivity contribution in [3.05, 3.63) is 50.8 Å². The van der Waals surface area contributed by atoms with Gasteiger partial charge in [-0.3, -0.25) is 14.5 Å². The summed E-state index contributed by atoms with van der Waals surface area (Å²) in [7, 11) is -4.10. The fraction of sp³-hybridized carbons (Fsp3) is 0.167. The topological polar surface area (TPSA) is 112 Å². The molecule has 0 bridgehead atoms. The number of hydrogen-bond donors (Lipinski definition) is 3. The summed E-state index contributed by atoms with van der Waals surface area (Å²) in [4.78, 5) is 27.3. The van der Waals surface area contributed by atoms with E-state index in [0.717, 1.165) is 4.90 Å². The highest BCUT2D eigenvalue weighted by atomic mass is 32.2. The van der Waals surface area contributed by atoms with E-state index in [1.807, 2.05) is 11.2 Å². The number of aromatic amines is 2. The average molecular weight is 327 g/mol. The van der Waals surface area contributed by atoms with E-state index in [1.54, 1.807) is 24.3 Å². The maximum atomic E-state index is 12.4. The van der Waals surface area contributed by atoms with Crippen molar-refractivity contribution < 1.29 is 8.42 Å². The molecule has 3 N–H and O–H groups in total. The molecule has 0 aliphatic rings. The first-order valence-electron chi connectivity index (χ1n) is 5.84. The van der Waals surface area contributed by atoms with E-state index in [2.05, 4.69) is 9.71 Å². The van der Waals surface area contributed by atoms with Crippen molar-refractivity contribution in [3.8, 4) is 0 Å². The molecule has 9 heteroatoms. The molecule has 2 rings (SSSR count). The van der Waals surface area contributed by atoms with Gasteiger partial charge in [-0.05, 0) is 25.3 Å². The number of sulfonamides is 1. The van der Waals surface area contributed by atoms with Crippen molar-refractivity contribution in [2.75, 3.05) is 11.0 Å². The van der Waals surface area contributed by atoms with Gasteiger partial charge in [-0.1, -0.05) is 12.1 Å². The minimum absolute atomic E-state index is 0.0158. The van der Waals surface area contributed by atoms with Crippen molar-refractivity contribution in [2.45, 2.75) is 16.7 Å². The van der Waals surface area contributed by atoms with Crippen molar-refractivity contribution in [1.29, 1.82) is 0 Å². The van der Waals surface area contributed by atoms with Crippen LogP contribution in [0.1, 0.15) is 5.69 Å². The van der Waals surface area contributed by atoms with Gasteiger partial charge in [0.2, 0.25) is 0 Å².